The molecule has 0 saturated heterocycles. The number of hydrogen-bond donors (Lipinski definition) is 2. The minimum atomic E-state index is -1.05. The van der Waals surface area contributed by atoms with Crippen molar-refractivity contribution >= 4 is 0 Å². The molecule has 0 aromatic rings. The standard InChI is InChI=1S/C7H18N2O/c1-5-7(8,10)6(2)9(3)4/h6,10H,5,8H2,1-4H3. The molecule has 2 unspecified atom stereocenters. The van der Waals surface area contributed by atoms with E-state index in [1.807, 2.05) is 32.8 Å². The number of likely N-dealkylation sites (N-methyl/N-ethyl adjacent to an activating group) is 1. The van der Waals surface area contributed by atoms with Crippen LogP contribution >= 0.6 is 0 Å². The fourth-order valence-electron chi connectivity index (χ4n) is 0.743. The Balaban J connectivity index is 4.03. The maximum Gasteiger partial charge on any atom is 0.128 e. The van der Waals surface area contributed by atoms with E-state index in [0.29, 0.717) is 6.42 Å². The molecule has 10 heavy (non-hydrogen) atoms. The summed E-state index contributed by atoms with van der Waals surface area (Å²) in [4.78, 5) is 1.91. The Bertz CT molecular complexity index is 102. The van der Waals surface area contributed by atoms with Crippen LogP contribution in [0.15, 0.2) is 0 Å². The zero-order valence-electron chi connectivity index (χ0n) is 7.26. The lowest BCUT2D eigenvalue weighted by molar-refractivity contribution is -0.0240. The van der Waals surface area contributed by atoms with Crippen molar-refractivity contribution in [3.05, 3.63) is 0 Å². The second-order valence-electron chi connectivity index (χ2n) is 2.98. The molecule has 0 aliphatic carbocycles. The summed E-state index contributed by atoms with van der Waals surface area (Å²) in [5, 5.41) is 9.50. The van der Waals surface area contributed by atoms with Crippen molar-refractivity contribution in [2.75, 3.05) is 14.1 Å². The van der Waals surface area contributed by atoms with Gasteiger partial charge in [-0.15, -0.1) is 0 Å². The highest BCUT2D eigenvalue weighted by Gasteiger charge is 2.27. The molecular formula is C7H18N2O. The van der Waals surface area contributed by atoms with Gasteiger partial charge in [-0.05, 0) is 27.4 Å². The molecule has 0 aromatic carbocycles. The van der Waals surface area contributed by atoms with Gasteiger partial charge in [-0.2, -0.15) is 0 Å². The van der Waals surface area contributed by atoms with E-state index in [4.69, 9.17) is 5.73 Å². The molecule has 3 nitrogen and oxygen atoms in total. The van der Waals surface area contributed by atoms with Gasteiger partial charge < -0.3 is 15.7 Å². The third kappa shape index (κ3) is 2.25. The molecule has 2 atom stereocenters. The Morgan fingerprint density at radius 2 is 2.00 bits per heavy atom. The minimum absolute atomic E-state index is 0.00231. The van der Waals surface area contributed by atoms with Crippen LogP contribution in [-0.2, 0) is 0 Å². The number of nitrogens with zero attached hydrogens (tertiary/aromatic N) is 1. The molecule has 0 amide bonds. The summed E-state index contributed by atoms with van der Waals surface area (Å²) in [5.41, 5.74) is 4.52. The summed E-state index contributed by atoms with van der Waals surface area (Å²) in [6.07, 6.45) is 0.576. The first-order valence-electron chi connectivity index (χ1n) is 3.59. The molecule has 3 N–H and O–H groups in total. The van der Waals surface area contributed by atoms with Crippen LogP contribution in [0, 0.1) is 0 Å². The molecule has 0 aliphatic heterocycles. The minimum Gasteiger partial charge on any atom is -0.374 e. The second-order valence-corrected chi connectivity index (χ2v) is 2.98. The van der Waals surface area contributed by atoms with Crippen molar-refractivity contribution in [1.29, 1.82) is 0 Å². The largest absolute Gasteiger partial charge is 0.374 e. The van der Waals surface area contributed by atoms with Crippen LogP contribution in [0.4, 0.5) is 0 Å². The van der Waals surface area contributed by atoms with Crippen LogP contribution < -0.4 is 5.73 Å². The van der Waals surface area contributed by atoms with E-state index in [-0.39, 0.29) is 6.04 Å². The Morgan fingerprint density at radius 3 is 2.10 bits per heavy atom. The maximum absolute atomic E-state index is 9.50. The Kier molecular flexibility index (Phi) is 3.28. The summed E-state index contributed by atoms with van der Waals surface area (Å²) in [6, 6.07) is -0.00231. The Morgan fingerprint density at radius 1 is 1.60 bits per heavy atom. The molecule has 0 saturated carbocycles. The van der Waals surface area contributed by atoms with Crippen LogP contribution in [0.25, 0.3) is 0 Å². The van der Waals surface area contributed by atoms with Crippen molar-refractivity contribution in [2.45, 2.75) is 32.0 Å². The topological polar surface area (TPSA) is 49.5 Å². The van der Waals surface area contributed by atoms with E-state index in [0.717, 1.165) is 0 Å². The van der Waals surface area contributed by atoms with Crippen molar-refractivity contribution in [3.8, 4) is 0 Å². The first-order valence-corrected chi connectivity index (χ1v) is 3.59. The van der Waals surface area contributed by atoms with Crippen LogP contribution in [0.2, 0.25) is 0 Å². The molecule has 0 aliphatic rings. The van der Waals surface area contributed by atoms with E-state index >= 15 is 0 Å². The van der Waals surface area contributed by atoms with Gasteiger partial charge in [-0.25, -0.2) is 0 Å². The van der Waals surface area contributed by atoms with Gasteiger partial charge in [0.05, 0.1) is 0 Å². The quantitative estimate of drug-likeness (QED) is 0.551. The highest BCUT2D eigenvalue weighted by atomic mass is 16.3. The zero-order chi connectivity index (χ0) is 8.36. The van der Waals surface area contributed by atoms with Gasteiger partial charge in [-0.3, -0.25) is 0 Å². The van der Waals surface area contributed by atoms with Crippen LogP contribution in [0.3, 0.4) is 0 Å². The van der Waals surface area contributed by atoms with E-state index in [1.165, 1.54) is 0 Å². The summed E-state index contributed by atoms with van der Waals surface area (Å²) in [6.45, 7) is 3.78. The van der Waals surface area contributed by atoms with Gasteiger partial charge in [-0.1, -0.05) is 6.92 Å². The average Bonchev–Trinajstić information content (AvgIpc) is 1.86. The maximum atomic E-state index is 9.50. The molecule has 0 heterocycles. The fourth-order valence-corrected chi connectivity index (χ4v) is 0.743. The number of hydrogen-bond acceptors (Lipinski definition) is 3. The molecule has 0 bridgehead atoms. The fraction of sp³-hybridized carbons (Fsp3) is 1.00. The summed E-state index contributed by atoms with van der Waals surface area (Å²) in [7, 11) is 3.80. The average molecular weight is 146 g/mol. The highest BCUT2D eigenvalue weighted by Crippen LogP contribution is 2.10. The number of aliphatic hydroxyl groups is 1. The van der Waals surface area contributed by atoms with Crippen LogP contribution in [0.1, 0.15) is 20.3 Å². The lowest BCUT2D eigenvalue weighted by Crippen LogP contribution is -2.54. The smallest absolute Gasteiger partial charge is 0.128 e. The molecule has 0 rings (SSSR count). The molecule has 0 aromatic heterocycles. The van der Waals surface area contributed by atoms with Crippen molar-refractivity contribution in [1.82, 2.24) is 4.90 Å². The van der Waals surface area contributed by atoms with Gasteiger partial charge in [0.1, 0.15) is 5.72 Å². The predicted molar refractivity (Wildman–Crippen MR) is 42.6 cm³/mol. The third-order valence-electron chi connectivity index (χ3n) is 2.06. The second kappa shape index (κ2) is 3.32. The highest BCUT2D eigenvalue weighted by molar-refractivity contribution is 4.80. The Hall–Kier alpha value is -0.120. The molecule has 0 radical (unpaired) electrons. The number of nitrogens with two attached hydrogens (primary N) is 1. The monoisotopic (exact) mass is 146 g/mol. The SMILES string of the molecule is CCC(N)(O)C(C)N(C)C. The van der Waals surface area contributed by atoms with Gasteiger partial charge >= 0.3 is 0 Å². The molecule has 0 fully saturated rings. The molecular weight excluding hydrogens is 128 g/mol. The third-order valence-corrected chi connectivity index (χ3v) is 2.06. The van der Waals surface area contributed by atoms with Gasteiger partial charge in [0, 0.05) is 6.04 Å². The lowest BCUT2D eigenvalue weighted by atomic mass is 10.0. The summed E-state index contributed by atoms with van der Waals surface area (Å²) >= 11 is 0. The van der Waals surface area contributed by atoms with E-state index in [2.05, 4.69) is 0 Å². The van der Waals surface area contributed by atoms with E-state index < -0.39 is 5.72 Å². The number of rotatable bonds is 3. The van der Waals surface area contributed by atoms with Gasteiger partial charge in [0.15, 0.2) is 0 Å². The first-order chi connectivity index (χ1) is 4.41. The first kappa shape index (κ1) is 9.88. The zero-order valence-corrected chi connectivity index (χ0v) is 7.26. The van der Waals surface area contributed by atoms with Crippen molar-refractivity contribution in [3.63, 3.8) is 0 Å². The van der Waals surface area contributed by atoms with Crippen molar-refractivity contribution in [2.24, 2.45) is 5.73 Å². The van der Waals surface area contributed by atoms with Crippen LogP contribution in [0.5, 0.6) is 0 Å². The van der Waals surface area contributed by atoms with Gasteiger partial charge in [0.25, 0.3) is 0 Å². The Labute approximate surface area is 62.8 Å². The van der Waals surface area contributed by atoms with Gasteiger partial charge in [0.2, 0.25) is 0 Å². The summed E-state index contributed by atoms with van der Waals surface area (Å²) in [5.74, 6) is 0. The summed E-state index contributed by atoms with van der Waals surface area (Å²) < 4.78 is 0. The molecule has 0 spiro atoms. The van der Waals surface area contributed by atoms with E-state index in [9.17, 15) is 5.11 Å². The lowest BCUT2D eigenvalue weighted by Gasteiger charge is -2.33. The predicted octanol–water partition coefficient (Wildman–Crippen LogP) is -0.00620. The van der Waals surface area contributed by atoms with Crippen molar-refractivity contribution < 1.29 is 5.11 Å². The molecule has 62 valence electrons. The van der Waals surface area contributed by atoms with E-state index in [1.54, 1.807) is 0 Å². The molecule has 3 heteroatoms. The normalized spacial score (nSPS) is 20.7. The van der Waals surface area contributed by atoms with Crippen LogP contribution in [-0.4, -0.2) is 35.9 Å².